The van der Waals surface area contributed by atoms with Gasteiger partial charge in [-0.1, -0.05) is 290 Å². The molecule has 6 saturated carbocycles. The fourth-order valence-electron chi connectivity index (χ4n) is 15.7. The van der Waals surface area contributed by atoms with Crippen LogP contribution in [-0.4, -0.2) is 75.5 Å². The standard InChI is InChI=1S/C38H54O6.C25H40O4.C20H34O2.13CH4.HI.K.H/c1-26(2)36(39)42-20-17-29-7-11-31(12-8-29)23-33-15-16-34(35(25-33)19-22-44-38(41)28(5)6)24-32-13-9-30(10-14-32)18-21-43-37(40)27(3)4;1-18(2)24(26)28-15-13-20-5-9-22(10-6-20)17-23-11-7-21(8-12-23)14-16-29-25(27)19(3)4;1-15(2)20(21)22-13-12-17-8-10-19(11-9-17)14-18-6-4-16(3)5-7-18;;;;;;;;;;;;;;;;/h15-16,25,29-32H,1,3,5,7-14,17-24H2,2,4,6H3;20-23H,1,3,5-17H2,2,4H3;16-19H,1,4-14H2,2-3H3;13*1H4;1H;;/q;;;;;;;;;;;;;;;;;+1;-1. The van der Waals surface area contributed by atoms with E-state index in [1.165, 1.54) is 171 Å². The molecule has 6 aliphatic rings. The molecule has 7 rings (SSSR count). The van der Waals surface area contributed by atoms with Crippen molar-refractivity contribution in [3.63, 3.8) is 0 Å². The van der Waals surface area contributed by atoms with Crippen LogP contribution >= 0.6 is 24.0 Å². The SMILES string of the molecule is C.C.C.C.C.C.C.C.C.C.C.C.C.C=C(C)C(=O)OCCC1CCC(CC2CCC(C)CC2)CC1.C=C(C)C(=O)OCCC1CCC(CC2CCC(CCOC(=O)C(=C)C)CC2)CC1.C=C(C)C(=O)OCCc1cc(CC2CCC(CCOC(=O)C(=C)C)CC2)ccc1CC1CCC(CCOC(=O)C(=C)C)CC1.I.[H-].[K+]. The number of esters is 6. The van der Waals surface area contributed by atoms with Gasteiger partial charge in [-0.3, -0.25) is 0 Å². The molecular formula is C96H182IKO12. The third-order valence-electron chi connectivity index (χ3n) is 22.1. The topological polar surface area (TPSA) is 158 Å². The summed E-state index contributed by atoms with van der Waals surface area (Å²) in [5.41, 5.74) is 6.82. The maximum absolute atomic E-state index is 12.0. The van der Waals surface area contributed by atoms with E-state index in [0.29, 0.717) is 115 Å². The number of hydrogen-bond donors (Lipinski definition) is 0. The van der Waals surface area contributed by atoms with E-state index in [4.69, 9.17) is 28.4 Å². The van der Waals surface area contributed by atoms with E-state index >= 15 is 0 Å². The zero-order valence-corrected chi connectivity index (χ0v) is 67.4. The molecule has 1 aromatic rings. The van der Waals surface area contributed by atoms with Gasteiger partial charge < -0.3 is 29.8 Å². The minimum atomic E-state index is -0.332. The van der Waals surface area contributed by atoms with Crippen molar-refractivity contribution < 1.29 is 110 Å². The van der Waals surface area contributed by atoms with Gasteiger partial charge in [0.1, 0.15) is 0 Å². The molecule has 0 spiro atoms. The average molecular weight is 1690 g/mol. The second-order valence-electron chi connectivity index (χ2n) is 30.7. The molecular weight excluding hydrogens is 1510 g/mol. The van der Waals surface area contributed by atoms with E-state index in [2.05, 4.69) is 64.6 Å². The first-order chi connectivity index (χ1) is 45.4. The van der Waals surface area contributed by atoms with Crippen LogP contribution < -0.4 is 51.4 Å². The molecule has 0 bridgehead atoms. The van der Waals surface area contributed by atoms with Crippen molar-refractivity contribution in [2.24, 2.45) is 71.0 Å². The van der Waals surface area contributed by atoms with E-state index < -0.39 is 0 Å². The number of halogens is 1. The van der Waals surface area contributed by atoms with Crippen LogP contribution in [0.15, 0.2) is 91.1 Å². The Morgan fingerprint density at radius 1 is 0.300 bits per heavy atom. The first-order valence-electron chi connectivity index (χ1n) is 37.5. The molecule has 0 radical (unpaired) electrons. The number of hydrogen-bond acceptors (Lipinski definition) is 12. The molecule has 12 nitrogen and oxygen atoms in total. The van der Waals surface area contributed by atoms with Gasteiger partial charge in [-0.15, -0.1) is 24.0 Å². The van der Waals surface area contributed by atoms with Crippen molar-refractivity contribution in [1.82, 2.24) is 0 Å². The van der Waals surface area contributed by atoms with Crippen LogP contribution in [0, 0.1) is 71.0 Å². The van der Waals surface area contributed by atoms with Crippen LogP contribution in [0.1, 0.15) is 362 Å². The zero-order valence-electron chi connectivity index (χ0n) is 63.0. The van der Waals surface area contributed by atoms with E-state index in [1.807, 2.05) is 0 Å². The summed E-state index contributed by atoms with van der Waals surface area (Å²) in [6.07, 6.45) is 41.7. The Balaban J connectivity index is -0.000000130. The zero-order chi connectivity index (χ0) is 69.2. The van der Waals surface area contributed by atoms with E-state index in [-0.39, 0.29) is 209 Å². The van der Waals surface area contributed by atoms with Gasteiger partial charge in [0.25, 0.3) is 0 Å². The molecule has 0 aromatic heterocycles. The van der Waals surface area contributed by atoms with Crippen molar-refractivity contribution in [3.05, 3.63) is 108 Å². The summed E-state index contributed by atoms with van der Waals surface area (Å²) < 4.78 is 31.8. The molecule has 646 valence electrons. The van der Waals surface area contributed by atoms with Crippen molar-refractivity contribution in [2.45, 2.75) is 363 Å². The molecule has 0 amide bonds. The van der Waals surface area contributed by atoms with E-state index in [9.17, 15) is 28.8 Å². The normalized spacial score (nSPS) is 22.3. The van der Waals surface area contributed by atoms with Crippen LogP contribution in [0.2, 0.25) is 0 Å². The van der Waals surface area contributed by atoms with Crippen LogP contribution in [0.25, 0.3) is 0 Å². The second-order valence-corrected chi connectivity index (χ2v) is 30.7. The van der Waals surface area contributed by atoms with Gasteiger partial charge in [-0.05, 0) is 213 Å². The van der Waals surface area contributed by atoms with Gasteiger partial charge >= 0.3 is 87.2 Å². The van der Waals surface area contributed by atoms with Gasteiger partial charge in [0.15, 0.2) is 0 Å². The Hall–Kier alpha value is -3.15. The summed E-state index contributed by atoms with van der Waals surface area (Å²) in [4.78, 5) is 69.6. The minimum Gasteiger partial charge on any atom is -1.00 e. The summed E-state index contributed by atoms with van der Waals surface area (Å²) in [5, 5.41) is 0. The molecule has 0 heterocycles. The molecule has 110 heavy (non-hydrogen) atoms. The van der Waals surface area contributed by atoms with Crippen LogP contribution in [0.5, 0.6) is 0 Å². The quantitative estimate of drug-likeness (QED) is 0.0221. The van der Waals surface area contributed by atoms with Crippen molar-refractivity contribution in [2.75, 3.05) is 39.6 Å². The third kappa shape index (κ3) is 53.2. The fraction of sp³-hybridized carbons (Fsp3) is 0.750. The maximum Gasteiger partial charge on any atom is 1.00 e. The van der Waals surface area contributed by atoms with E-state index in [1.54, 1.807) is 41.5 Å². The predicted octanol–water partition coefficient (Wildman–Crippen LogP) is 25.6. The predicted molar refractivity (Wildman–Crippen MR) is 487 cm³/mol. The van der Waals surface area contributed by atoms with Gasteiger partial charge in [0, 0.05) is 39.9 Å². The van der Waals surface area contributed by atoms with E-state index in [0.717, 1.165) is 93.3 Å². The fourth-order valence-corrected chi connectivity index (χ4v) is 15.7. The monoisotopic (exact) mass is 1690 g/mol. The Labute approximate surface area is 744 Å². The molecule has 0 N–H and O–H groups in total. The average Bonchev–Trinajstić information content (AvgIpc) is 0.835. The van der Waals surface area contributed by atoms with Gasteiger partial charge in [-0.2, -0.15) is 0 Å². The molecule has 0 unspecified atom stereocenters. The largest absolute Gasteiger partial charge is 1.00 e. The number of ether oxygens (including phenoxy) is 6. The summed E-state index contributed by atoms with van der Waals surface area (Å²) in [7, 11) is 0. The van der Waals surface area contributed by atoms with Crippen LogP contribution in [0.3, 0.4) is 0 Å². The number of carbonyl (C=O) groups is 6. The number of benzene rings is 1. The molecule has 0 saturated heterocycles. The van der Waals surface area contributed by atoms with Gasteiger partial charge in [0.2, 0.25) is 0 Å². The number of rotatable bonds is 32. The molecule has 14 heteroatoms. The van der Waals surface area contributed by atoms with Crippen LogP contribution in [0.4, 0.5) is 0 Å². The molecule has 0 atom stereocenters. The van der Waals surface area contributed by atoms with Gasteiger partial charge in [0.05, 0.1) is 39.6 Å². The smallest absolute Gasteiger partial charge is 1.00 e. The van der Waals surface area contributed by atoms with Gasteiger partial charge in [-0.25, -0.2) is 28.8 Å². The first-order valence-corrected chi connectivity index (χ1v) is 37.5. The second kappa shape index (κ2) is 72.3. The maximum atomic E-state index is 12.0. The Bertz CT molecular complexity index is 2590. The van der Waals surface area contributed by atoms with Crippen LogP contribution in [-0.2, 0) is 76.5 Å². The van der Waals surface area contributed by atoms with Crippen molar-refractivity contribution in [3.8, 4) is 0 Å². The Morgan fingerprint density at radius 2 is 0.500 bits per heavy atom. The molecule has 6 aliphatic carbocycles. The summed E-state index contributed by atoms with van der Waals surface area (Å²) in [5.74, 6) is 7.72. The Kier molecular flexibility index (Phi) is 85.7. The summed E-state index contributed by atoms with van der Waals surface area (Å²) in [6, 6.07) is 6.98. The van der Waals surface area contributed by atoms with Crippen molar-refractivity contribution >= 4 is 59.8 Å². The Morgan fingerprint density at radius 3 is 0.736 bits per heavy atom. The minimum absolute atomic E-state index is 0. The van der Waals surface area contributed by atoms with Crippen molar-refractivity contribution in [1.29, 1.82) is 0 Å². The molecule has 1 aromatic carbocycles. The molecule has 6 fully saturated rings. The molecule has 0 aliphatic heterocycles. The summed E-state index contributed by atoms with van der Waals surface area (Å²) in [6.45, 7) is 37.4. The third-order valence-corrected chi connectivity index (χ3v) is 22.1. The first kappa shape index (κ1) is 130. The summed E-state index contributed by atoms with van der Waals surface area (Å²) >= 11 is 0. The number of carbonyl (C=O) groups excluding carboxylic acids is 6.